The van der Waals surface area contributed by atoms with Crippen molar-refractivity contribution in [2.45, 2.75) is 110 Å². The third-order valence-electron chi connectivity index (χ3n) is 5.16. The zero-order valence-corrected chi connectivity index (χ0v) is 16.6. The number of allylic oxidation sites excluding steroid dienone is 4. The smallest absolute Gasteiger partial charge is 0.182 e. The van der Waals surface area contributed by atoms with Crippen LogP contribution in [0.25, 0.3) is 0 Å². The zero-order valence-electron chi connectivity index (χ0n) is 16.6. The average molecular weight is 347 g/mol. The van der Waals surface area contributed by atoms with Gasteiger partial charge in [-0.15, -0.1) is 0 Å². The van der Waals surface area contributed by atoms with Gasteiger partial charge in [-0.2, -0.15) is 0 Å². The third-order valence-corrected chi connectivity index (χ3v) is 5.16. The van der Waals surface area contributed by atoms with Crippen LogP contribution in [0.2, 0.25) is 0 Å². The van der Waals surface area contributed by atoms with Gasteiger partial charge < -0.3 is 0 Å². The fourth-order valence-corrected chi connectivity index (χ4v) is 3.41. The van der Waals surface area contributed by atoms with Crippen LogP contribution in [0.5, 0.6) is 0 Å². The van der Waals surface area contributed by atoms with E-state index in [0.29, 0.717) is 11.1 Å². The van der Waals surface area contributed by atoms with Crippen molar-refractivity contribution in [1.29, 1.82) is 0 Å². The maximum Gasteiger partial charge on any atom is 0.182 e. The summed E-state index contributed by atoms with van der Waals surface area (Å²) in [5.41, 5.74) is 1.27. The van der Waals surface area contributed by atoms with Crippen molar-refractivity contribution >= 4 is 11.6 Å². The van der Waals surface area contributed by atoms with Gasteiger partial charge in [0.15, 0.2) is 11.6 Å². The van der Waals surface area contributed by atoms with E-state index in [0.717, 1.165) is 12.8 Å². The molecule has 0 N–H and O–H groups in total. The van der Waals surface area contributed by atoms with Gasteiger partial charge in [-0.05, 0) is 31.9 Å². The van der Waals surface area contributed by atoms with E-state index in [9.17, 15) is 9.59 Å². The monoisotopic (exact) mass is 346 g/mol. The number of hydrogen-bond acceptors (Lipinski definition) is 2. The van der Waals surface area contributed by atoms with Gasteiger partial charge in [0.1, 0.15) is 0 Å². The summed E-state index contributed by atoms with van der Waals surface area (Å²) in [4.78, 5) is 23.4. The van der Waals surface area contributed by atoms with Crippen molar-refractivity contribution in [3.05, 3.63) is 23.3 Å². The topological polar surface area (TPSA) is 34.1 Å². The molecule has 0 bridgehead atoms. The highest BCUT2D eigenvalue weighted by molar-refractivity contribution is 6.19. The van der Waals surface area contributed by atoms with Crippen LogP contribution in [-0.2, 0) is 9.59 Å². The molecule has 25 heavy (non-hydrogen) atoms. The molecule has 0 unspecified atom stereocenters. The molecule has 1 rings (SSSR count). The quantitative estimate of drug-likeness (QED) is 0.239. The van der Waals surface area contributed by atoms with Gasteiger partial charge in [0, 0.05) is 11.1 Å². The fourth-order valence-electron chi connectivity index (χ4n) is 3.41. The van der Waals surface area contributed by atoms with Crippen LogP contribution in [0.15, 0.2) is 23.3 Å². The molecule has 0 radical (unpaired) electrons. The van der Waals surface area contributed by atoms with Crippen molar-refractivity contribution in [3.63, 3.8) is 0 Å². The summed E-state index contributed by atoms with van der Waals surface area (Å²) in [5, 5.41) is 0. The van der Waals surface area contributed by atoms with E-state index in [1.54, 1.807) is 13.0 Å². The minimum atomic E-state index is -0.0000338. The Morgan fingerprint density at radius 3 is 1.52 bits per heavy atom. The molecular formula is C23H38O2. The predicted octanol–water partition coefficient (Wildman–Crippen LogP) is 6.88. The molecule has 0 fully saturated rings. The first-order valence-corrected chi connectivity index (χ1v) is 10.6. The standard InChI is InChI=1S/C23H38O2/c1-3-4-5-6-7-8-9-10-11-12-13-14-15-16-17-21-19-22(24)20(2)18-23(21)25/h18-19H,3-17H2,1-2H3. The minimum Gasteiger partial charge on any atom is -0.290 e. The molecule has 0 saturated heterocycles. The van der Waals surface area contributed by atoms with Gasteiger partial charge in [-0.3, -0.25) is 9.59 Å². The lowest BCUT2D eigenvalue weighted by atomic mass is 9.94. The largest absolute Gasteiger partial charge is 0.290 e. The van der Waals surface area contributed by atoms with Crippen LogP contribution in [0, 0.1) is 0 Å². The maximum absolute atomic E-state index is 11.8. The SMILES string of the molecule is CCCCCCCCCCCCCCCCC1=CC(=O)C(C)=CC1=O. The normalized spacial score (nSPS) is 14.6. The van der Waals surface area contributed by atoms with Crippen molar-refractivity contribution in [2.24, 2.45) is 0 Å². The molecule has 0 heterocycles. The Morgan fingerprint density at radius 1 is 0.600 bits per heavy atom. The Balaban J connectivity index is 1.87. The first kappa shape index (κ1) is 21.9. The summed E-state index contributed by atoms with van der Waals surface area (Å²) in [6.45, 7) is 3.98. The first-order chi connectivity index (χ1) is 12.1. The number of rotatable bonds is 15. The summed E-state index contributed by atoms with van der Waals surface area (Å²) in [6.07, 6.45) is 22.5. The molecule has 0 aromatic carbocycles. The Hall–Kier alpha value is -1.18. The van der Waals surface area contributed by atoms with E-state index in [2.05, 4.69) is 6.92 Å². The van der Waals surface area contributed by atoms with Crippen LogP contribution in [0.1, 0.15) is 110 Å². The molecule has 142 valence electrons. The number of unbranched alkanes of at least 4 members (excludes halogenated alkanes) is 13. The van der Waals surface area contributed by atoms with Crippen molar-refractivity contribution in [2.75, 3.05) is 0 Å². The van der Waals surface area contributed by atoms with Gasteiger partial charge in [0.25, 0.3) is 0 Å². The molecule has 2 nitrogen and oxygen atoms in total. The molecular weight excluding hydrogens is 308 g/mol. The number of hydrogen-bond donors (Lipinski definition) is 0. The highest BCUT2D eigenvalue weighted by atomic mass is 16.1. The molecule has 0 aromatic heterocycles. The highest BCUT2D eigenvalue weighted by Crippen LogP contribution is 2.18. The lowest BCUT2D eigenvalue weighted by Gasteiger charge is -2.09. The van der Waals surface area contributed by atoms with E-state index in [1.807, 2.05) is 0 Å². The fraction of sp³-hybridized carbons (Fsp3) is 0.739. The Labute approximate surface area is 155 Å². The highest BCUT2D eigenvalue weighted by Gasteiger charge is 2.16. The lowest BCUT2D eigenvalue weighted by Crippen LogP contribution is -2.11. The summed E-state index contributed by atoms with van der Waals surface area (Å²) < 4.78 is 0. The molecule has 0 saturated carbocycles. The van der Waals surface area contributed by atoms with Crippen LogP contribution in [0.3, 0.4) is 0 Å². The first-order valence-electron chi connectivity index (χ1n) is 10.6. The van der Waals surface area contributed by atoms with Crippen molar-refractivity contribution < 1.29 is 9.59 Å². The van der Waals surface area contributed by atoms with E-state index in [1.165, 1.54) is 89.5 Å². The molecule has 0 atom stereocenters. The Bertz CT molecular complexity index is 457. The molecule has 0 amide bonds. The summed E-state index contributed by atoms with van der Waals surface area (Å²) in [7, 11) is 0. The Kier molecular flexibility index (Phi) is 12.3. The van der Waals surface area contributed by atoms with Gasteiger partial charge in [-0.1, -0.05) is 90.4 Å². The zero-order chi connectivity index (χ0) is 18.3. The van der Waals surface area contributed by atoms with Crippen LogP contribution in [-0.4, -0.2) is 11.6 Å². The number of carbonyl (C=O) groups is 2. The number of carbonyl (C=O) groups excluding carboxylic acids is 2. The lowest BCUT2D eigenvalue weighted by molar-refractivity contribution is -0.115. The second-order valence-corrected chi connectivity index (χ2v) is 7.57. The summed E-state index contributed by atoms with van der Waals surface area (Å²) in [6, 6.07) is 0. The van der Waals surface area contributed by atoms with E-state index >= 15 is 0 Å². The van der Waals surface area contributed by atoms with Gasteiger partial charge >= 0.3 is 0 Å². The van der Waals surface area contributed by atoms with Crippen LogP contribution < -0.4 is 0 Å². The van der Waals surface area contributed by atoms with Crippen LogP contribution >= 0.6 is 0 Å². The average Bonchev–Trinajstić information content (AvgIpc) is 2.59. The molecule has 0 aromatic rings. The second kappa shape index (κ2) is 14.0. The van der Waals surface area contributed by atoms with Gasteiger partial charge in [0.05, 0.1) is 0 Å². The minimum absolute atomic E-state index is 0.0000338. The Morgan fingerprint density at radius 2 is 1.04 bits per heavy atom. The second-order valence-electron chi connectivity index (χ2n) is 7.57. The summed E-state index contributed by atoms with van der Waals surface area (Å²) in [5.74, 6) is 0.0340. The number of ketones is 2. The van der Waals surface area contributed by atoms with Crippen LogP contribution in [0.4, 0.5) is 0 Å². The van der Waals surface area contributed by atoms with E-state index < -0.39 is 0 Å². The van der Waals surface area contributed by atoms with E-state index in [4.69, 9.17) is 0 Å². The van der Waals surface area contributed by atoms with Crippen molar-refractivity contribution in [1.82, 2.24) is 0 Å². The maximum atomic E-state index is 11.8. The third kappa shape index (κ3) is 10.4. The molecule has 1 aliphatic rings. The molecule has 0 spiro atoms. The predicted molar refractivity (Wildman–Crippen MR) is 107 cm³/mol. The van der Waals surface area contributed by atoms with Crippen molar-refractivity contribution in [3.8, 4) is 0 Å². The molecule has 2 heteroatoms. The molecule has 1 aliphatic carbocycles. The molecule has 0 aliphatic heterocycles. The van der Waals surface area contributed by atoms with Gasteiger partial charge in [0.2, 0.25) is 0 Å². The summed E-state index contributed by atoms with van der Waals surface area (Å²) >= 11 is 0. The van der Waals surface area contributed by atoms with Gasteiger partial charge in [-0.25, -0.2) is 0 Å². The van der Waals surface area contributed by atoms with E-state index in [-0.39, 0.29) is 11.6 Å².